The van der Waals surface area contributed by atoms with Crippen molar-refractivity contribution in [3.8, 4) is 34.5 Å². The first-order valence-corrected chi connectivity index (χ1v) is 18.8. The molecule has 0 bridgehead atoms. The molecule has 54 heavy (non-hydrogen) atoms. The Labute approximate surface area is 324 Å². The van der Waals surface area contributed by atoms with E-state index < -0.39 is 0 Å². The third kappa shape index (κ3) is 11.1. The second kappa shape index (κ2) is 16.3. The Morgan fingerprint density at radius 1 is 0.389 bits per heavy atom. The van der Waals surface area contributed by atoms with E-state index in [4.69, 9.17) is 0 Å². The van der Waals surface area contributed by atoms with Crippen LogP contribution in [0.2, 0.25) is 0 Å². The molecule has 0 aliphatic heterocycles. The van der Waals surface area contributed by atoms with E-state index in [0.29, 0.717) is 11.5 Å². The maximum atomic E-state index is 10.9. The highest BCUT2D eigenvalue weighted by atomic mass is 16.3. The zero-order chi connectivity index (χ0) is 41.1. The van der Waals surface area contributed by atoms with Gasteiger partial charge >= 0.3 is 0 Å². The average molecular weight is 737 g/mol. The molecule has 0 amide bonds. The van der Waals surface area contributed by atoms with E-state index in [0.717, 1.165) is 44.5 Å². The summed E-state index contributed by atoms with van der Waals surface area (Å²) >= 11 is 0. The van der Waals surface area contributed by atoms with Crippen molar-refractivity contribution in [1.29, 1.82) is 0 Å². The topological polar surface area (TPSA) is 121 Å². The fraction of sp³-hybridized carbons (Fsp3) is 0.417. The predicted molar refractivity (Wildman–Crippen MR) is 225 cm³/mol. The Bertz CT molecular complexity index is 1920. The van der Waals surface area contributed by atoms with Gasteiger partial charge in [-0.05, 0) is 103 Å². The molecular weight excluding hydrogens is 673 g/mol. The fourth-order valence-corrected chi connectivity index (χ4v) is 6.16. The summed E-state index contributed by atoms with van der Waals surface area (Å²) in [5.41, 5.74) is 7.05. The number of phenols is 6. The van der Waals surface area contributed by atoms with E-state index in [1.165, 1.54) is 18.2 Å². The first kappa shape index (κ1) is 43.6. The van der Waals surface area contributed by atoms with Gasteiger partial charge in [-0.15, -0.1) is 0 Å². The molecule has 0 saturated carbocycles. The van der Waals surface area contributed by atoms with E-state index in [2.05, 4.69) is 120 Å². The minimum Gasteiger partial charge on any atom is -0.507 e. The van der Waals surface area contributed by atoms with E-state index in [9.17, 15) is 30.6 Å². The molecule has 2 atom stereocenters. The molecule has 6 N–H and O–H groups in total. The molecule has 0 spiro atoms. The van der Waals surface area contributed by atoms with Crippen molar-refractivity contribution in [2.75, 3.05) is 0 Å². The van der Waals surface area contributed by atoms with Gasteiger partial charge in [0, 0.05) is 11.1 Å². The van der Waals surface area contributed by atoms with Crippen molar-refractivity contribution in [3.05, 3.63) is 117 Å². The first-order valence-electron chi connectivity index (χ1n) is 18.8. The molecule has 0 fully saturated rings. The Morgan fingerprint density at radius 3 is 1.13 bits per heavy atom. The molecule has 6 nitrogen and oxygen atoms in total. The van der Waals surface area contributed by atoms with Crippen LogP contribution in [0.3, 0.4) is 0 Å². The minimum absolute atomic E-state index is 0.0708. The number of phenolic OH excluding ortho intramolecular Hbond substituents is 6. The van der Waals surface area contributed by atoms with Crippen molar-refractivity contribution in [3.63, 3.8) is 0 Å². The zero-order valence-corrected chi connectivity index (χ0v) is 34.9. The van der Waals surface area contributed by atoms with E-state index >= 15 is 0 Å². The van der Waals surface area contributed by atoms with Crippen LogP contribution in [0.1, 0.15) is 153 Å². The smallest absolute Gasteiger partial charge is 0.157 e. The summed E-state index contributed by atoms with van der Waals surface area (Å²) < 4.78 is 0. The molecule has 4 aromatic carbocycles. The van der Waals surface area contributed by atoms with Crippen LogP contribution in [0.15, 0.2) is 72.8 Å². The summed E-state index contributed by atoms with van der Waals surface area (Å²) in [5, 5.41) is 60.0. The summed E-state index contributed by atoms with van der Waals surface area (Å²) in [6.45, 7) is 29.4. The largest absolute Gasteiger partial charge is 0.507 e. The SMILES string of the molecule is CC(/C=C/c1cc(C(C)(C)C)c(O)c(C(C)(C)C)c1)c1ccc(O)c(O)c1.CC(/C=C/c1ccc(O)c(O)c1)c1cc(C(C)(C)C)c(O)c(C(C)(C)C)c1. The molecule has 0 aromatic heterocycles. The van der Waals surface area contributed by atoms with Gasteiger partial charge in [0.25, 0.3) is 0 Å². The van der Waals surface area contributed by atoms with Crippen LogP contribution >= 0.6 is 0 Å². The van der Waals surface area contributed by atoms with Crippen LogP contribution in [-0.4, -0.2) is 30.6 Å². The van der Waals surface area contributed by atoms with Crippen molar-refractivity contribution < 1.29 is 30.6 Å². The minimum atomic E-state index is -0.164. The molecule has 0 aliphatic carbocycles. The van der Waals surface area contributed by atoms with Gasteiger partial charge in [-0.25, -0.2) is 0 Å². The van der Waals surface area contributed by atoms with Gasteiger partial charge in [0.1, 0.15) is 11.5 Å². The van der Waals surface area contributed by atoms with E-state index in [-0.39, 0.29) is 56.5 Å². The van der Waals surface area contributed by atoms with Gasteiger partial charge in [0.15, 0.2) is 23.0 Å². The Balaban J connectivity index is 0.000000290. The van der Waals surface area contributed by atoms with Crippen LogP contribution in [0, 0.1) is 0 Å². The molecule has 0 aliphatic rings. The van der Waals surface area contributed by atoms with Gasteiger partial charge in [-0.3, -0.25) is 0 Å². The maximum Gasteiger partial charge on any atom is 0.157 e. The maximum absolute atomic E-state index is 10.9. The number of rotatable bonds is 6. The van der Waals surface area contributed by atoms with Crippen LogP contribution in [0.5, 0.6) is 34.5 Å². The lowest BCUT2D eigenvalue weighted by Gasteiger charge is -2.29. The van der Waals surface area contributed by atoms with Crippen molar-refractivity contribution >= 4 is 12.2 Å². The lowest BCUT2D eigenvalue weighted by atomic mass is 9.77. The lowest BCUT2D eigenvalue weighted by Crippen LogP contribution is -2.18. The summed E-state index contributed by atoms with van der Waals surface area (Å²) in [5.74, 6) is 0.496. The molecule has 4 aromatic rings. The standard InChI is InChI=1S/2C24H32O3/c1-15(17-10-11-20(25)21(26)14-17)8-9-16-12-18(23(2,3)4)22(27)19(13-16)24(5,6)7;1-15(8-9-16-10-11-20(25)21(26)12-16)17-13-18(23(2,3)4)22(27)19(14-17)24(5,6)7/h2*8-15,25-27H,1-7H3/b2*9-8+. The zero-order valence-electron chi connectivity index (χ0n) is 34.9. The molecule has 0 radical (unpaired) electrons. The fourth-order valence-electron chi connectivity index (χ4n) is 6.16. The summed E-state index contributed by atoms with van der Waals surface area (Å²) in [6, 6.07) is 17.9. The van der Waals surface area contributed by atoms with Gasteiger partial charge in [-0.2, -0.15) is 0 Å². The molecule has 292 valence electrons. The van der Waals surface area contributed by atoms with Crippen molar-refractivity contribution in [2.24, 2.45) is 0 Å². The molecule has 0 saturated heterocycles. The Morgan fingerprint density at radius 2 is 0.741 bits per heavy atom. The van der Waals surface area contributed by atoms with Crippen LogP contribution in [0.4, 0.5) is 0 Å². The van der Waals surface area contributed by atoms with Gasteiger partial charge in [-0.1, -0.05) is 146 Å². The molecule has 0 heterocycles. The van der Waals surface area contributed by atoms with Gasteiger partial charge in [0.05, 0.1) is 0 Å². The van der Waals surface area contributed by atoms with E-state index in [1.54, 1.807) is 12.1 Å². The molecule has 4 rings (SSSR count). The highest BCUT2D eigenvalue weighted by molar-refractivity contribution is 5.60. The number of hydrogen-bond donors (Lipinski definition) is 6. The van der Waals surface area contributed by atoms with Crippen LogP contribution in [-0.2, 0) is 21.7 Å². The number of benzene rings is 4. The molecule has 2 unspecified atom stereocenters. The Hall–Kier alpha value is -4.84. The van der Waals surface area contributed by atoms with Crippen LogP contribution in [0.25, 0.3) is 12.2 Å². The number of allylic oxidation sites excluding steroid dienone is 2. The number of hydrogen-bond acceptors (Lipinski definition) is 6. The average Bonchev–Trinajstić information content (AvgIpc) is 3.04. The molecular formula is C48H64O6. The second-order valence-electron chi connectivity index (χ2n) is 18.7. The molecule has 6 heteroatoms. The predicted octanol–water partition coefficient (Wildman–Crippen LogP) is 12.4. The highest BCUT2D eigenvalue weighted by Gasteiger charge is 2.28. The third-order valence-corrected chi connectivity index (χ3v) is 9.70. The van der Waals surface area contributed by atoms with Crippen molar-refractivity contribution in [2.45, 2.75) is 130 Å². The van der Waals surface area contributed by atoms with E-state index in [1.807, 2.05) is 31.2 Å². The summed E-state index contributed by atoms with van der Waals surface area (Å²) in [6.07, 6.45) is 8.12. The second-order valence-corrected chi connectivity index (χ2v) is 18.7. The van der Waals surface area contributed by atoms with Gasteiger partial charge < -0.3 is 30.6 Å². The van der Waals surface area contributed by atoms with Crippen LogP contribution < -0.4 is 0 Å². The summed E-state index contributed by atoms with van der Waals surface area (Å²) in [7, 11) is 0. The van der Waals surface area contributed by atoms with Crippen molar-refractivity contribution in [1.82, 2.24) is 0 Å². The number of aromatic hydroxyl groups is 6. The van der Waals surface area contributed by atoms with Gasteiger partial charge in [0.2, 0.25) is 0 Å². The lowest BCUT2D eigenvalue weighted by molar-refractivity contribution is 0.403. The highest BCUT2D eigenvalue weighted by Crippen LogP contribution is 2.42. The normalized spacial score (nSPS) is 13.9. The first-order chi connectivity index (χ1) is 24.6. The quantitative estimate of drug-likeness (QED) is 0.110. The third-order valence-electron chi connectivity index (χ3n) is 9.70. The Kier molecular flexibility index (Phi) is 13.1. The summed E-state index contributed by atoms with van der Waals surface area (Å²) in [4.78, 5) is 0. The monoisotopic (exact) mass is 736 g/mol.